The van der Waals surface area contributed by atoms with Crippen molar-refractivity contribution in [3.05, 3.63) is 0 Å². The van der Waals surface area contributed by atoms with Gasteiger partial charge in [-0.2, -0.15) is 0 Å². The number of amides is 1. The van der Waals surface area contributed by atoms with Gasteiger partial charge in [-0.05, 0) is 25.8 Å². The van der Waals surface area contributed by atoms with Gasteiger partial charge in [0.25, 0.3) is 0 Å². The number of hydrogen-bond acceptors (Lipinski definition) is 18. The van der Waals surface area contributed by atoms with Crippen LogP contribution in [0.25, 0.3) is 0 Å². The first-order valence-electron chi connectivity index (χ1n) is 15.0. The molecule has 0 aromatic heterocycles. The molecule has 0 radical (unpaired) electrons. The van der Waals surface area contributed by atoms with Gasteiger partial charge in [-0.25, -0.2) is 0 Å². The maximum atomic E-state index is 12.7. The van der Waals surface area contributed by atoms with E-state index in [-0.39, 0.29) is 32.4 Å². The fraction of sp³-hybridized carbons (Fsp3) is 0.923. The van der Waals surface area contributed by atoms with Crippen molar-refractivity contribution < 1.29 is 69.0 Å². The molecule has 3 rings (SSSR count). The minimum atomic E-state index is -1.77. The lowest BCUT2D eigenvalue weighted by Crippen LogP contribution is -2.69. The van der Waals surface area contributed by atoms with E-state index in [9.17, 15) is 45.3 Å². The Bertz CT molecular complexity index is 952. The maximum absolute atomic E-state index is 12.7. The van der Waals surface area contributed by atoms with E-state index in [0.717, 1.165) is 0 Å². The number of carbonyl (C=O) groups is 2. The normalized spacial score (nSPS) is 43.0. The van der Waals surface area contributed by atoms with Gasteiger partial charge in [0.05, 0.1) is 18.7 Å². The molecule has 0 unspecified atom stereocenters. The molecule has 1 saturated carbocycles. The summed E-state index contributed by atoms with van der Waals surface area (Å²) in [5.41, 5.74) is 23.5. The second-order valence-electron chi connectivity index (χ2n) is 11.5. The zero-order chi connectivity index (χ0) is 33.6. The largest absolute Gasteiger partial charge is 0.458 e. The summed E-state index contributed by atoms with van der Waals surface area (Å²) < 4.78 is 28.3. The summed E-state index contributed by atoms with van der Waals surface area (Å²) in [6.07, 6.45) is -19.4. The number of ether oxygens (including phenoxy) is 5. The molecule has 1 aliphatic carbocycles. The lowest BCUT2D eigenvalue weighted by molar-refractivity contribution is -0.333. The zero-order valence-corrected chi connectivity index (χ0v) is 25.0. The molecular formula is C26H49N5O14. The van der Waals surface area contributed by atoms with Crippen molar-refractivity contribution in [3.8, 4) is 0 Å². The van der Waals surface area contributed by atoms with Crippen LogP contribution in [-0.2, 0) is 33.3 Å². The van der Waals surface area contributed by atoms with Crippen molar-refractivity contribution in [1.82, 2.24) is 5.32 Å². The first kappa shape index (κ1) is 37.8. The summed E-state index contributed by atoms with van der Waals surface area (Å²) in [7, 11) is 0. The molecule has 45 heavy (non-hydrogen) atoms. The van der Waals surface area contributed by atoms with Crippen molar-refractivity contribution in [2.45, 2.75) is 130 Å². The van der Waals surface area contributed by atoms with Crippen LogP contribution >= 0.6 is 0 Å². The van der Waals surface area contributed by atoms with Gasteiger partial charge in [0, 0.05) is 19.0 Å². The van der Waals surface area contributed by atoms with E-state index in [1.54, 1.807) is 6.92 Å². The van der Waals surface area contributed by atoms with Crippen LogP contribution in [0.4, 0.5) is 0 Å². The van der Waals surface area contributed by atoms with Crippen LogP contribution in [0.5, 0.6) is 0 Å². The molecule has 19 nitrogen and oxygen atoms in total. The van der Waals surface area contributed by atoms with Gasteiger partial charge in [0.2, 0.25) is 5.91 Å². The van der Waals surface area contributed by atoms with Gasteiger partial charge < -0.3 is 87.7 Å². The molecule has 0 aromatic carbocycles. The predicted molar refractivity (Wildman–Crippen MR) is 150 cm³/mol. The van der Waals surface area contributed by atoms with E-state index in [1.807, 2.05) is 0 Å². The second-order valence-corrected chi connectivity index (χ2v) is 11.5. The minimum absolute atomic E-state index is 0.00215. The zero-order valence-electron chi connectivity index (χ0n) is 25.0. The van der Waals surface area contributed by atoms with E-state index in [0.29, 0.717) is 6.42 Å². The third kappa shape index (κ3) is 8.83. The Hall–Kier alpha value is -1.66. The molecule has 3 aliphatic rings. The van der Waals surface area contributed by atoms with Crippen molar-refractivity contribution in [2.75, 3.05) is 19.7 Å². The quantitative estimate of drug-likeness (QED) is 0.0820. The first-order chi connectivity index (χ1) is 21.3. The van der Waals surface area contributed by atoms with Crippen molar-refractivity contribution in [1.29, 1.82) is 0 Å². The van der Waals surface area contributed by atoms with Gasteiger partial charge in [-0.15, -0.1) is 0 Å². The Morgan fingerprint density at radius 2 is 1.51 bits per heavy atom. The van der Waals surface area contributed by atoms with Gasteiger partial charge in [0.1, 0.15) is 67.1 Å². The SMILES string of the molecule is CCCC(=O)O[C@H]1[C@@H](N)[C@@H](O)[C@H](O[C@@H]2[C@H](O)[C@H](O[C@H]3O[C@H](CN)[C@@H](O)[C@@H](O)[C@@H]3O)[C@@H](N)C[C@H]2NC(=O)[C@@H](O)CCN)O[C@H]1CO. The maximum Gasteiger partial charge on any atom is 0.306 e. The van der Waals surface area contributed by atoms with Crippen LogP contribution in [-0.4, -0.2) is 165 Å². The lowest BCUT2D eigenvalue weighted by atomic mass is 9.83. The van der Waals surface area contributed by atoms with Crippen LogP contribution in [0.15, 0.2) is 0 Å². The highest BCUT2D eigenvalue weighted by atomic mass is 16.7. The van der Waals surface area contributed by atoms with Gasteiger partial charge in [-0.3, -0.25) is 9.59 Å². The minimum Gasteiger partial charge on any atom is -0.458 e. The molecule has 3 fully saturated rings. The average molecular weight is 656 g/mol. The molecule has 2 saturated heterocycles. The first-order valence-corrected chi connectivity index (χ1v) is 15.0. The molecule has 16 N–H and O–H groups in total. The van der Waals surface area contributed by atoms with Gasteiger partial charge >= 0.3 is 5.97 Å². The Balaban J connectivity index is 1.86. The molecule has 19 heteroatoms. The summed E-state index contributed by atoms with van der Waals surface area (Å²) in [6.45, 7) is 0.824. The number of hydrogen-bond donors (Lipinski definition) is 12. The number of nitrogens with one attached hydrogen (secondary N) is 1. The summed E-state index contributed by atoms with van der Waals surface area (Å²) in [5, 5.41) is 76.0. The highest BCUT2D eigenvalue weighted by Gasteiger charge is 2.53. The number of aliphatic hydroxyl groups excluding tert-OH is 7. The number of carbonyl (C=O) groups excluding carboxylic acids is 2. The molecule has 2 heterocycles. The fourth-order valence-corrected chi connectivity index (χ4v) is 5.62. The van der Waals surface area contributed by atoms with E-state index in [1.165, 1.54) is 0 Å². The third-order valence-corrected chi connectivity index (χ3v) is 8.20. The Labute approximate surface area is 259 Å². The topological polar surface area (TPSA) is 338 Å². The smallest absolute Gasteiger partial charge is 0.306 e. The fourth-order valence-electron chi connectivity index (χ4n) is 5.62. The summed E-state index contributed by atoms with van der Waals surface area (Å²) in [6, 6.07) is -3.50. The Morgan fingerprint density at radius 3 is 2.11 bits per heavy atom. The number of nitrogens with two attached hydrogens (primary N) is 4. The van der Waals surface area contributed by atoms with Crippen LogP contribution in [0.3, 0.4) is 0 Å². The molecule has 262 valence electrons. The Morgan fingerprint density at radius 1 is 0.889 bits per heavy atom. The molecule has 16 atom stereocenters. The molecular weight excluding hydrogens is 606 g/mol. The number of rotatable bonds is 13. The third-order valence-electron chi connectivity index (χ3n) is 8.20. The summed E-state index contributed by atoms with van der Waals surface area (Å²) >= 11 is 0. The summed E-state index contributed by atoms with van der Waals surface area (Å²) in [5.74, 6) is -1.48. The molecule has 0 bridgehead atoms. The molecule has 1 amide bonds. The highest BCUT2D eigenvalue weighted by Crippen LogP contribution is 2.32. The molecule has 0 spiro atoms. The Kier molecular flexibility index (Phi) is 14.2. The molecule has 2 aliphatic heterocycles. The van der Waals surface area contributed by atoms with Crippen molar-refractivity contribution in [3.63, 3.8) is 0 Å². The van der Waals surface area contributed by atoms with Gasteiger partial charge in [-0.1, -0.05) is 6.92 Å². The van der Waals surface area contributed by atoms with Crippen molar-refractivity contribution in [2.24, 2.45) is 22.9 Å². The lowest BCUT2D eigenvalue weighted by Gasteiger charge is -2.49. The van der Waals surface area contributed by atoms with Crippen LogP contribution in [0, 0.1) is 0 Å². The van der Waals surface area contributed by atoms with E-state index < -0.39 is 116 Å². The number of aliphatic hydroxyl groups is 7. The van der Waals surface area contributed by atoms with E-state index in [4.69, 9.17) is 46.6 Å². The second kappa shape index (κ2) is 16.9. The van der Waals surface area contributed by atoms with Crippen LogP contribution in [0.1, 0.15) is 32.6 Å². The van der Waals surface area contributed by atoms with Crippen molar-refractivity contribution >= 4 is 11.9 Å². The predicted octanol–water partition coefficient (Wildman–Crippen LogP) is -7.07. The summed E-state index contributed by atoms with van der Waals surface area (Å²) in [4.78, 5) is 24.8. The standard InChI is InChI=1S/C26H49N5O14/c1-2-3-14(34)43-23-13(8-32)42-25(17(36)15(23)30)45-22-10(31-24(40)11(33)4-5-27)6-9(29)21(20(22)39)44-26-19(38)18(37)16(35)12(7-28)41-26/h9-13,15-23,25-26,32-33,35-39H,2-8,27-30H2,1H3,(H,31,40)/t9-,10+,11-,12+,13-,15-,16+,17+,18+,19-,20+,21+,22-,23+,25-,26+/m0/s1. The number of esters is 1. The molecule has 0 aromatic rings. The van der Waals surface area contributed by atoms with E-state index >= 15 is 0 Å². The monoisotopic (exact) mass is 655 g/mol. The van der Waals surface area contributed by atoms with Crippen LogP contribution < -0.4 is 28.3 Å². The van der Waals surface area contributed by atoms with Crippen LogP contribution in [0.2, 0.25) is 0 Å². The highest BCUT2D eigenvalue weighted by molar-refractivity contribution is 5.80. The van der Waals surface area contributed by atoms with Gasteiger partial charge in [0.15, 0.2) is 12.6 Å². The van der Waals surface area contributed by atoms with E-state index in [2.05, 4.69) is 5.32 Å². The average Bonchev–Trinajstić information content (AvgIpc) is 3.00.